The van der Waals surface area contributed by atoms with Crippen LogP contribution in [0.2, 0.25) is 0 Å². The third-order valence-electron chi connectivity index (χ3n) is 1.52. The molecule has 0 atom stereocenters. The van der Waals surface area contributed by atoms with Gasteiger partial charge >= 0.3 is 53.6 Å². The summed E-state index contributed by atoms with van der Waals surface area (Å²) in [4.78, 5) is 18.4. The van der Waals surface area contributed by atoms with Gasteiger partial charge in [-0.3, -0.25) is 14.8 Å². The fourth-order valence-electron chi connectivity index (χ4n) is 0.734. The summed E-state index contributed by atoms with van der Waals surface area (Å²) < 4.78 is 56.3. The molecule has 0 saturated carbocycles. The predicted molar refractivity (Wildman–Crippen MR) is 76.5 cm³/mol. The first kappa shape index (κ1) is 26.1. The molecule has 0 aromatic carbocycles. The molecule has 2 heterocycles. The van der Waals surface area contributed by atoms with Crippen molar-refractivity contribution in [3.05, 3.63) is 61.2 Å². The van der Waals surface area contributed by atoms with Crippen molar-refractivity contribution in [2.24, 2.45) is 0 Å². The minimum atomic E-state index is -5.76. The first-order valence-corrected chi connectivity index (χ1v) is 10.7. The van der Waals surface area contributed by atoms with Gasteiger partial charge in [0.1, 0.15) is 0 Å². The normalized spacial score (nSPS) is 9.69. The van der Waals surface area contributed by atoms with Crippen LogP contribution < -0.4 is 0 Å². The van der Waals surface area contributed by atoms with Crippen LogP contribution in [0.1, 0.15) is 0 Å². The minimum absolute atomic E-state index is 0.750. The fourth-order valence-corrected chi connectivity index (χ4v) is 2.47. The molecular formula is C13H19Cr2N3O8. The summed E-state index contributed by atoms with van der Waals surface area (Å²) in [6.07, 6.45) is 7.75. The average Bonchev–Trinajstić information content (AvgIpc) is 2.56. The predicted octanol–water partition coefficient (Wildman–Crippen LogP) is 0.205. The van der Waals surface area contributed by atoms with E-state index >= 15 is 0 Å². The Morgan fingerprint density at radius 2 is 1.04 bits per heavy atom. The SMILES string of the molecule is CN(C)C=O.[O]=[Cr](=[O])([OH])[O][Cr](=[O])(=[O])[OH].c1ccncc1.c1ccncc1. The second kappa shape index (κ2) is 15.2. The van der Waals surface area contributed by atoms with Crippen molar-refractivity contribution in [3.8, 4) is 0 Å². The second-order valence-electron chi connectivity index (χ2n) is 4.04. The Hall–Kier alpha value is -2.09. The molecule has 0 aliphatic carbocycles. The molecule has 2 aromatic rings. The Morgan fingerprint density at radius 3 is 1.08 bits per heavy atom. The van der Waals surface area contributed by atoms with Gasteiger partial charge in [-0.15, -0.1) is 0 Å². The standard InChI is InChI=1S/2C5H5N.C3H7NO.2Cr.2H2O.5O/c2*1-2-4-6-5-3-1;1-4(2)3-5;;;;;;;;;/h2*1-5H;3H,1-2H3;;;2*1H2;;;;;/q;;;2*+1;;;;;;;/p-2. The van der Waals surface area contributed by atoms with E-state index in [4.69, 9.17) is 8.32 Å². The van der Waals surface area contributed by atoms with Gasteiger partial charge in [0.25, 0.3) is 0 Å². The van der Waals surface area contributed by atoms with E-state index < -0.39 is 27.2 Å². The molecule has 1 amide bonds. The van der Waals surface area contributed by atoms with E-state index in [1.807, 2.05) is 36.4 Å². The van der Waals surface area contributed by atoms with Crippen LogP contribution in [0.15, 0.2) is 61.2 Å². The maximum absolute atomic E-state index is 9.53. The first-order chi connectivity index (χ1) is 12.0. The van der Waals surface area contributed by atoms with Crippen LogP contribution in [0.4, 0.5) is 0 Å². The number of aromatic nitrogens is 2. The quantitative estimate of drug-likeness (QED) is 0.619. The number of pyridine rings is 2. The van der Waals surface area contributed by atoms with Crippen molar-refractivity contribution in [3.63, 3.8) is 0 Å². The number of hydrogen-bond acceptors (Lipinski definition) is 8. The number of hydrogen-bond donors (Lipinski definition) is 2. The Morgan fingerprint density at radius 1 is 0.769 bits per heavy atom. The van der Waals surface area contributed by atoms with Crippen molar-refractivity contribution in [2.45, 2.75) is 0 Å². The summed E-state index contributed by atoms with van der Waals surface area (Å²) in [6.45, 7) is 0. The number of rotatable bonds is 3. The summed E-state index contributed by atoms with van der Waals surface area (Å²) in [5, 5.41) is 0. The number of nitrogens with zero attached hydrogens (tertiary/aromatic N) is 3. The van der Waals surface area contributed by atoms with Crippen LogP contribution in [0.3, 0.4) is 0 Å². The van der Waals surface area contributed by atoms with Crippen molar-refractivity contribution in [2.75, 3.05) is 14.1 Å². The summed E-state index contributed by atoms with van der Waals surface area (Å²) in [6, 6.07) is 11.4. The molecule has 2 rings (SSSR count). The van der Waals surface area contributed by atoms with Crippen molar-refractivity contribution in [1.82, 2.24) is 14.9 Å². The largest absolute Gasteiger partial charge is 0.265 e. The van der Waals surface area contributed by atoms with Gasteiger partial charge in [-0.25, -0.2) is 0 Å². The monoisotopic (exact) mass is 449 g/mol. The Bertz CT molecular complexity index is 655. The van der Waals surface area contributed by atoms with Crippen LogP contribution >= 0.6 is 0 Å². The van der Waals surface area contributed by atoms with E-state index in [-0.39, 0.29) is 0 Å². The van der Waals surface area contributed by atoms with Crippen molar-refractivity contribution in [1.29, 1.82) is 0 Å². The second-order valence-corrected chi connectivity index (χ2v) is 7.80. The third-order valence-corrected chi connectivity index (χ3v) is 4.27. The molecule has 13 heteroatoms. The van der Waals surface area contributed by atoms with Gasteiger partial charge in [-0.05, 0) is 24.3 Å². The van der Waals surface area contributed by atoms with E-state index in [1.54, 1.807) is 38.9 Å². The van der Waals surface area contributed by atoms with Crippen molar-refractivity contribution < 1.29 is 58.4 Å². The number of carbonyl (C=O) groups is 1. The van der Waals surface area contributed by atoms with Crippen LogP contribution in [0.5, 0.6) is 0 Å². The third kappa shape index (κ3) is 29.9. The summed E-state index contributed by atoms with van der Waals surface area (Å²) >= 11 is -11.5. The topological polar surface area (TPSA) is 164 Å². The average molecular weight is 449 g/mol. The Kier molecular flexibility index (Phi) is 15.3. The smallest absolute Gasteiger partial charge is 0.0267 e. The molecule has 0 bridgehead atoms. The molecule has 26 heavy (non-hydrogen) atoms. The molecule has 0 saturated heterocycles. The summed E-state index contributed by atoms with van der Waals surface area (Å²) in [5.74, 6) is 0. The molecule has 0 aliphatic heterocycles. The zero-order valence-corrected chi connectivity index (χ0v) is 16.4. The summed E-state index contributed by atoms with van der Waals surface area (Å²) in [5.41, 5.74) is 0. The molecule has 11 nitrogen and oxygen atoms in total. The molecule has 2 aromatic heterocycles. The van der Waals surface area contributed by atoms with Crippen LogP contribution in [-0.4, -0.2) is 43.7 Å². The van der Waals surface area contributed by atoms with Crippen LogP contribution in [-0.2, 0) is 50.1 Å². The first-order valence-electron chi connectivity index (χ1n) is 6.45. The van der Waals surface area contributed by atoms with Crippen LogP contribution in [0.25, 0.3) is 0 Å². The van der Waals surface area contributed by atoms with Gasteiger partial charge in [0, 0.05) is 38.9 Å². The van der Waals surface area contributed by atoms with Gasteiger partial charge in [-0.1, -0.05) is 12.1 Å². The molecule has 0 fully saturated rings. The van der Waals surface area contributed by atoms with Gasteiger partial charge in [0.05, 0.1) is 0 Å². The molecule has 0 unspecified atom stereocenters. The number of amides is 1. The maximum Gasteiger partial charge on any atom is 0.0267 e. The zero-order valence-electron chi connectivity index (χ0n) is 13.9. The van der Waals surface area contributed by atoms with E-state index in [0.29, 0.717) is 0 Å². The van der Waals surface area contributed by atoms with Crippen molar-refractivity contribution >= 4 is 6.41 Å². The van der Waals surface area contributed by atoms with Gasteiger partial charge in [-0.2, -0.15) is 0 Å². The maximum atomic E-state index is 9.53. The minimum Gasteiger partial charge on any atom is -0.265 e. The van der Waals surface area contributed by atoms with Gasteiger partial charge < -0.3 is 4.90 Å². The van der Waals surface area contributed by atoms with E-state index in [2.05, 4.69) is 12.8 Å². The Labute approximate surface area is 155 Å². The molecule has 0 spiro atoms. The molecule has 146 valence electrons. The zero-order chi connectivity index (χ0) is 20.5. The van der Waals surface area contributed by atoms with Crippen LogP contribution in [0, 0.1) is 0 Å². The molecular weight excluding hydrogens is 430 g/mol. The molecule has 0 aliphatic rings. The molecule has 0 radical (unpaired) electrons. The Balaban J connectivity index is 0. The number of carbonyl (C=O) groups excluding carboxylic acids is 1. The van der Waals surface area contributed by atoms with E-state index in [9.17, 15) is 20.0 Å². The van der Waals surface area contributed by atoms with Gasteiger partial charge in [0.15, 0.2) is 0 Å². The summed E-state index contributed by atoms with van der Waals surface area (Å²) in [7, 11) is 3.38. The van der Waals surface area contributed by atoms with Gasteiger partial charge in [0.2, 0.25) is 6.41 Å². The van der Waals surface area contributed by atoms with E-state index in [0.717, 1.165) is 6.41 Å². The molecule has 2 N–H and O–H groups in total. The fraction of sp³-hybridized carbons (Fsp3) is 0.154. The van der Waals surface area contributed by atoms with E-state index in [1.165, 1.54) is 4.90 Å².